The van der Waals surface area contributed by atoms with Gasteiger partial charge in [0.05, 0.1) is 0 Å². The Kier molecular flexibility index (Phi) is 44.3. The molecule has 0 saturated carbocycles. The maximum atomic E-state index is 12.7. The van der Waals surface area contributed by atoms with Crippen molar-refractivity contribution >= 4 is 17.9 Å². The molecule has 338 valence electrons. The monoisotopic (exact) mass is 839 g/mol. The molecule has 0 fully saturated rings. The zero-order valence-corrected chi connectivity index (χ0v) is 38.4. The molecule has 0 N–H and O–H groups in total. The molecule has 0 aromatic carbocycles. The van der Waals surface area contributed by atoms with Crippen LogP contribution in [0.3, 0.4) is 0 Å². The lowest BCUT2D eigenvalue weighted by atomic mass is 10.1. The first-order chi connectivity index (χ1) is 30.0. The third-order valence-corrected chi connectivity index (χ3v) is 9.16. The number of esters is 3. The van der Waals surface area contributed by atoms with Gasteiger partial charge in [-0.2, -0.15) is 0 Å². The fourth-order valence-electron chi connectivity index (χ4n) is 5.69. The fourth-order valence-corrected chi connectivity index (χ4v) is 5.69. The van der Waals surface area contributed by atoms with Crippen LogP contribution in [0.1, 0.15) is 162 Å². The van der Waals surface area contributed by atoms with Crippen molar-refractivity contribution in [2.24, 2.45) is 0 Å². The van der Waals surface area contributed by atoms with Crippen molar-refractivity contribution < 1.29 is 28.6 Å². The van der Waals surface area contributed by atoms with Gasteiger partial charge in [-0.15, -0.1) is 0 Å². The van der Waals surface area contributed by atoms with Crippen LogP contribution in [-0.4, -0.2) is 37.2 Å². The Balaban J connectivity index is 4.61. The highest BCUT2D eigenvalue weighted by Gasteiger charge is 2.19. The highest BCUT2D eigenvalue weighted by atomic mass is 16.6. The van der Waals surface area contributed by atoms with E-state index in [1.54, 1.807) is 0 Å². The SMILES string of the molecule is CC\C=C/C=C\C=C/C=C\C=C/CCCC(=O)OC(COC(=O)CCCCC\C=C/C=C\C=C\C=C/C=C\C=C/C=C\CC)COC(=O)CCCCCCCCCCCCC. The number of hydrogen-bond acceptors (Lipinski definition) is 6. The first kappa shape index (κ1) is 56.3. The molecule has 0 radical (unpaired) electrons. The topological polar surface area (TPSA) is 78.9 Å². The second kappa shape index (κ2) is 48.0. The number of carbonyl (C=O) groups is 3. The molecular formula is C55H82O6. The van der Waals surface area contributed by atoms with E-state index in [1.165, 1.54) is 51.4 Å². The van der Waals surface area contributed by atoms with Gasteiger partial charge in [0.1, 0.15) is 13.2 Å². The molecule has 6 nitrogen and oxygen atoms in total. The first-order valence-corrected chi connectivity index (χ1v) is 23.5. The Bertz CT molecular complexity index is 1430. The fraction of sp³-hybridized carbons (Fsp3) is 0.509. The normalized spacial score (nSPS) is 13.4. The van der Waals surface area contributed by atoms with Crippen molar-refractivity contribution in [3.8, 4) is 0 Å². The summed E-state index contributed by atoms with van der Waals surface area (Å²) >= 11 is 0. The average molecular weight is 839 g/mol. The number of rotatable bonds is 39. The van der Waals surface area contributed by atoms with Crippen molar-refractivity contribution in [2.75, 3.05) is 13.2 Å². The van der Waals surface area contributed by atoms with E-state index >= 15 is 0 Å². The van der Waals surface area contributed by atoms with Gasteiger partial charge in [-0.1, -0.05) is 237 Å². The molecule has 1 unspecified atom stereocenters. The maximum absolute atomic E-state index is 12.7. The number of carbonyl (C=O) groups excluding carboxylic acids is 3. The molecule has 0 rings (SSSR count). The van der Waals surface area contributed by atoms with E-state index in [0.717, 1.165) is 57.8 Å². The molecule has 0 amide bonds. The van der Waals surface area contributed by atoms with Gasteiger partial charge in [-0.3, -0.25) is 14.4 Å². The first-order valence-electron chi connectivity index (χ1n) is 23.5. The van der Waals surface area contributed by atoms with Crippen LogP contribution < -0.4 is 0 Å². The average Bonchev–Trinajstić information content (AvgIpc) is 3.26. The predicted octanol–water partition coefficient (Wildman–Crippen LogP) is 15.3. The van der Waals surface area contributed by atoms with Crippen LogP contribution in [0, 0.1) is 0 Å². The Morgan fingerprint density at radius 3 is 1.05 bits per heavy atom. The molecule has 0 aliphatic rings. The van der Waals surface area contributed by atoms with Crippen molar-refractivity contribution in [1.29, 1.82) is 0 Å². The summed E-state index contributed by atoms with van der Waals surface area (Å²) < 4.78 is 16.6. The maximum Gasteiger partial charge on any atom is 0.306 e. The van der Waals surface area contributed by atoms with Gasteiger partial charge >= 0.3 is 17.9 Å². The third kappa shape index (κ3) is 46.2. The molecular weight excluding hydrogens is 757 g/mol. The number of unbranched alkanes of at least 4 members (excludes halogenated alkanes) is 14. The largest absolute Gasteiger partial charge is 0.462 e. The molecule has 0 aliphatic heterocycles. The molecule has 0 saturated heterocycles. The van der Waals surface area contributed by atoms with Gasteiger partial charge in [0, 0.05) is 19.3 Å². The summed E-state index contributed by atoms with van der Waals surface area (Å²) in [7, 11) is 0. The molecule has 61 heavy (non-hydrogen) atoms. The standard InChI is InChI=1S/C55H82O6/c1-4-7-10-13-16-19-22-24-25-26-27-28-29-31-33-36-39-42-45-48-54(57)60-51-52(50-59-53(56)47-44-41-38-35-32-21-18-15-12-9-6-3)61-55(58)49-46-43-40-37-34-30-23-20-17-14-11-8-5-2/h7-8,10-11,13-14,16-17,19-20,22-31,33-34,37,40,52H,4-6,9,12,15,18,21,32,35-36,38-39,41-51H2,1-3H3/b10-7-,11-8-,16-13-,17-14-,22-19-,23-20-,25-24-,27-26+,29-28-,33-31-,34-30-,40-37-. The van der Waals surface area contributed by atoms with Crippen LogP contribution in [0.5, 0.6) is 0 Å². The molecule has 0 aliphatic carbocycles. The van der Waals surface area contributed by atoms with Crippen molar-refractivity contribution in [2.45, 2.75) is 168 Å². The Labute approximate surface area is 372 Å². The van der Waals surface area contributed by atoms with E-state index in [0.29, 0.717) is 19.3 Å². The van der Waals surface area contributed by atoms with Gasteiger partial charge in [-0.25, -0.2) is 0 Å². The van der Waals surface area contributed by atoms with Gasteiger partial charge in [0.25, 0.3) is 0 Å². The number of hydrogen-bond donors (Lipinski definition) is 0. The van der Waals surface area contributed by atoms with Gasteiger partial charge in [-0.05, 0) is 51.4 Å². The summed E-state index contributed by atoms with van der Waals surface area (Å²) in [6.45, 7) is 6.20. The molecule has 6 heteroatoms. The summed E-state index contributed by atoms with van der Waals surface area (Å²) in [4.78, 5) is 37.8. The Hall–Kier alpha value is -4.71. The number of ether oxygens (including phenoxy) is 3. The predicted molar refractivity (Wildman–Crippen MR) is 260 cm³/mol. The van der Waals surface area contributed by atoms with Crippen molar-refractivity contribution in [3.63, 3.8) is 0 Å². The van der Waals surface area contributed by atoms with Crippen LogP contribution in [0.2, 0.25) is 0 Å². The smallest absolute Gasteiger partial charge is 0.306 e. The van der Waals surface area contributed by atoms with E-state index < -0.39 is 12.1 Å². The Morgan fingerprint density at radius 1 is 0.344 bits per heavy atom. The lowest BCUT2D eigenvalue weighted by Gasteiger charge is -2.18. The second-order valence-electron chi connectivity index (χ2n) is 14.9. The number of allylic oxidation sites excluding steroid dienone is 24. The highest BCUT2D eigenvalue weighted by Crippen LogP contribution is 2.13. The zero-order chi connectivity index (χ0) is 44.4. The molecule has 0 aromatic rings. The van der Waals surface area contributed by atoms with Crippen LogP contribution >= 0.6 is 0 Å². The zero-order valence-electron chi connectivity index (χ0n) is 38.4. The van der Waals surface area contributed by atoms with E-state index in [4.69, 9.17) is 14.2 Å². The van der Waals surface area contributed by atoms with Crippen LogP contribution in [0.25, 0.3) is 0 Å². The van der Waals surface area contributed by atoms with Crippen molar-refractivity contribution in [3.05, 3.63) is 146 Å². The second-order valence-corrected chi connectivity index (χ2v) is 14.9. The van der Waals surface area contributed by atoms with E-state index in [-0.39, 0.29) is 38.0 Å². The highest BCUT2D eigenvalue weighted by molar-refractivity contribution is 5.71. The quantitative estimate of drug-likeness (QED) is 0.0265. The molecule has 0 spiro atoms. The van der Waals surface area contributed by atoms with E-state index in [1.807, 2.05) is 128 Å². The summed E-state index contributed by atoms with van der Waals surface area (Å²) in [5.74, 6) is -1.07. The van der Waals surface area contributed by atoms with Gasteiger partial charge in [0.15, 0.2) is 6.10 Å². The molecule has 0 heterocycles. The van der Waals surface area contributed by atoms with E-state index in [9.17, 15) is 14.4 Å². The summed E-state index contributed by atoms with van der Waals surface area (Å²) in [6.07, 6.45) is 68.3. The van der Waals surface area contributed by atoms with E-state index in [2.05, 4.69) is 39.0 Å². The Morgan fingerprint density at radius 2 is 0.656 bits per heavy atom. The minimum atomic E-state index is -0.837. The lowest BCUT2D eigenvalue weighted by Crippen LogP contribution is -2.30. The van der Waals surface area contributed by atoms with Gasteiger partial charge in [0.2, 0.25) is 0 Å². The third-order valence-electron chi connectivity index (χ3n) is 9.16. The van der Waals surface area contributed by atoms with Crippen molar-refractivity contribution in [1.82, 2.24) is 0 Å². The summed E-state index contributed by atoms with van der Waals surface area (Å²) in [5, 5.41) is 0. The lowest BCUT2D eigenvalue weighted by molar-refractivity contribution is -0.167. The molecule has 0 aromatic heterocycles. The summed E-state index contributed by atoms with van der Waals surface area (Å²) in [6, 6.07) is 0. The minimum absolute atomic E-state index is 0.127. The van der Waals surface area contributed by atoms with Gasteiger partial charge < -0.3 is 14.2 Å². The minimum Gasteiger partial charge on any atom is -0.462 e. The van der Waals surface area contributed by atoms with Crippen LogP contribution in [-0.2, 0) is 28.6 Å². The summed E-state index contributed by atoms with van der Waals surface area (Å²) in [5.41, 5.74) is 0. The molecule has 1 atom stereocenters. The molecule has 0 bridgehead atoms. The van der Waals surface area contributed by atoms with Crippen LogP contribution in [0.4, 0.5) is 0 Å². The van der Waals surface area contributed by atoms with Crippen LogP contribution in [0.15, 0.2) is 146 Å².